The third-order valence-corrected chi connectivity index (χ3v) is 2.00. The number of aliphatic hydroxyl groups is 2. The van der Waals surface area contributed by atoms with Crippen LogP contribution in [-0.2, 0) is 4.74 Å². The van der Waals surface area contributed by atoms with E-state index in [1.807, 2.05) is 0 Å². The van der Waals surface area contributed by atoms with E-state index < -0.39 is 29.9 Å². The number of alkyl carbamates (subject to hydrolysis) is 1. The summed E-state index contributed by atoms with van der Waals surface area (Å²) in [5, 5.41) is 20.8. The highest BCUT2D eigenvalue weighted by atomic mass is 16.6. The molecule has 1 aliphatic carbocycles. The molecular weight excluding hydrogens is 186 g/mol. The Morgan fingerprint density at radius 1 is 1.36 bits per heavy atom. The molecule has 3 atom stereocenters. The molecule has 0 radical (unpaired) electrons. The second kappa shape index (κ2) is 3.74. The zero-order valence-corrected chi connectivity index (χ0v) is 8.65. The summed E-state index contributed by atoms with van der Waals surface area (Å²) in [6, 6.07) is -0.593. The van der Waals surface area contributed by atoms with E-state index in [2.05, 4.69) is 5.32 Å². The quantitative estimate of drug-likeness (QED) is 0.560. The number of rotatable bonds is 1. The lowest BCUT2D eigenvalue weighted by atomic mass is 9.86. The first-order valence-corrected chi connectivity index (χ1v) is 4.65. The molecule has 0 heterocycles. The average molecular weight is 203 g/mol. The fourth-order valence-electron chi connectivity index (χ4n) is 1.24. The summed E-state index contributed by atoms with van der Waals surface area (Å²) in [6.07, 6.45) is -1.64. The summed E-state index contributed by atoms with van der Waals surface area (Å²) >= 11 is 0. The predicted molar refractivity (Wildman–Crippen MR) is 49.8 cm³/mol. The number of amides is 1. The number of carbonyl (C=O) groups is 1. The summed E-state index contributed by atoms with van der Waals surface area (Å²) in [5.41, 5.74) is -0.566. The van der Waals surface area contributed by atoms with E-state index in [0.717, 1.165) is 0 Å². The molecular formula is C9H17NO4. The van der Waals surface area contributed by atoms with Crippen LogP contribution in [0.25, 0.3) is 0 Å². The molecule has 0 aromatic rings. The standard InChI is InChI=1S/C9H17NO4/c1-9(2,3)14-8(13)10-7-5(11)4-6(7)12/h5-7,11-12H,4H2,1-3H3,(H,10,13)/t5-,6+,7?. The van der Waals surface area contributed by atoms with Crippen LogP contribution in [0.1, 0.15) is 27.2 Å². The molecule has 1 fully saturated rings. The molecule has 1 unspecified atom stereocenters. The van der Waals surface area contributed by atoms with Gasteiger partial charge in [-0.15, -0.1) is 0 Å². The Kier molecular flexibility index (Phi) is 3.01. The number of hydrogen-bond donors (Lipinski definition) is 3. The van der Waals surface area contributed by atoms with E-state index >= 15 is 0 Å². The van der Waals surface area contributed by atoms with Crippen molar-refractivity contribution >= 4 is 6.09 Å². The van der Waals surface area contributed by atoms with Crippen LogP contribution in [0.2, 0.25) is 0 Å². The molecule has 1 rings (SSSR count). The summed E-state index contributed by atoms with van der Waals surface area (Å²) < 4.78 is 4.97. The monoisotopic (exact) mass is 203 g/mol. The van der Waals surface area contributed by atoms with Gasteiger partial charge in [-0.1, -0.05) is 0 Å². The first-order chi connectivity index (χ1) is 6.29. The van der Waals surface area contributed by atoms with Crippen molar-refractivity contribution in [3.63, 3.8) is 0 Å². The van der Waals surface area contributed by atoms with Gasteiger partial charge in [-0.25, -0.2) is 4.79 Å². The van der Waals surface area contributed by atoms with Crippen LogP contribution in [0.4, 0.5) is 4.79 Å². The van der Waals surface area contributed by atoms with E-state index in [4.69, 9.17) is 4.74 Å². The van der Waals surface area contributed by atoms with Gasteiger partial charge in [-0.2, -0.15) is 0 Å². The Hall–Kier alpha value is -0.810. The third-order valence-electron chi connectivity index (χ3n) is 2.00. The first kappa shape index (κ1) is 11.3. The lowest BCUT2D eigenvalue weighted by Crippen LogP contribution is -2.60. The van der Waals surface area contributed by atoms with Crippen LogP contribution in [0.3, 0.4) is 0 Å². The largest absolute Gasteiger partial charge is 0.444 e. The lowest BCUT2D eigenvalue weighted by molar-refractivity contribution is -0.0655. The fourth-order valence-corrected chi connectivity index (χ4v) is 1.24. The van der Waals surface area contributed by atoms with Gasteiger partial charge in [0.2, 0.25) is 0 Å². The normalized spacial score (nSPS) is 31.9. The van der Waals surface area contributed by atoms with Crippen LogP contribution in [0.5, 0.6) is 0 Å². The zero-order chi connectivity index (χ0) is 10.9. The SMILES string of the molecule is CC(C)(C)OC(=O)NC1[C@H](O)C[C@@H]1O. The zero-order valence-electron chi connectivity index (χ0n) is 8.65. The second-order valence-corrected chi connectivity index (χ2v) is 4.54. The molecule has 1 amide bonds. The van der Waals surface area contributed by atoms with E-state index in [1.165, 1.54) is 0 Å². The highest BCUT2D eigenvalue weighted by molar-refractivity contribution is 5.68. The Balaban J connectivity index is 2.34. The summed E-state index contributed by atoms with van der Waals surface area (Å²) in [4.78, 5) is 11.2. The topological polar surface area (TPSA) is 78.8 Å². The number of hydrogen-bond acceptors (Lipinski definition) is 4. The van der Waals surface area contributed by atoms with Crippen molar-refractivity contribution < 1.29 is 19.7 Å². The van der Waals surface area contributed by atoms with Crippen LogP contribution >= 0.6 is 0 Å². The molecule has 0 aromatic carbocycles. The Morgan fingerprint density at radius 3 is 2.21 bits per heavy atom. The van der Waals surface area contributed by atoms with E-state index in [1.54, 1.807) is 20.8 Å². The number of carbonyl (C=O) groups excluding carboxylic acids is 1. The van der Waals surface area contributed by atoms with Gasteiger partial charge in [-0.05, 0) is 20.8 Å². The van der Waals surface area contributed by atoms with Crippen molar-refractivity contribution in [1.29, 1.82) is 0 Å². The van der Waals surface area contributed by atoms with Crippen LogP contribution in [0.15, 0.2) is 0 Å². The smallest absolute Gasteiger partial charge is 0.408 e. The minimum absolute atomic E-state index is 0.306. The molecule has 1 saturated carbocycles. The predicted octanol–water partition coefficient (Wildman–Crippen LogP) is 0.00520. The van der Waals surface area contributed by atoms with Crippen molar-refractivity contribution in [2.75, 3.05) is 0 Å². The van der Waals surface area contributed by atoms with Crippen LogP contribution in [-0.4, -0.2) is 40.2 Å². The second-order valence-electron chi connectivity index (χ2n) is 4.54. The molecule has 3 N–H and O–H groups in total. The lowest BCUT2D eigenvalue weighted by Gasteiger charge is -2.38. The van der Waals surface area contributed by atoms with Crippen molar-refractivity contribution in [2.24, 2.45) is 0 Å². The molecule has 82 valence electrons. The molecule has 5 heteroatoms. The molecule has 0 saturated heterocycles. The Morgan fingerprint density at radius 2 is 1.86 bits per heavy atom. The van der Waals surface area contributed by atoms with E-state index in [0.29, 0.717) is 6.42 Å². The van der Waals surface area contributed by atoms with E-state index in [-0.39, 0.29) is 0 Å². The average Bonchev–Trinajstić information content (AvgIpc) is 1.98. The molecule has 14 heavy (non-hydrogen) atoms. The highest BCUT2D eigenvalue weighted by Crippen LogP contribution is 2.21. The molecule has 0 bridgehead atoms. The third kappa shape index (κ3) is 2.85. The molecule has 0 spiro atoms. The van der Waals surface area contributed by atoms with Gasteiger partial charge in [-0.3, -0.25) is 0 Å². The van der Waals surface area contributed by atoms with E-state index in [9.17, 15) is 15.0 Å². The van der Waals surface area contributed by atoms with Gasteiger partial charge in [0.25, 0.3) is 0 Å². The molecule has 0 aromatic heterocycles. The number of ether oxygens (including phenoxy) is 1. The van der Waals surface area contributed by atoms with Crippen LogP contribution < -0.4 is 5.32 Å². The van der Waals surface area contributed by atoms with Crippen LogP contribution in [0, 0.1) is 0 Å². The molecule has 0 aliphatic heterocycles. The minimum atomic E-state index is -0.669. The fraction of sp³-hybridized carbons (Fsp3) is 0.889. The van der Waals surface area contributed by atoms with Crippen molar-refractivity contribution in [3.8, 4) is 0 Å². The van der Waals surface area contributed by atoms with Gasteiger partial charge in [0.05, 0.1) is 18.2 Å². The van der Waals surface area contributed by atoms with Gasteiger partial charge >= 0.3 is 6.09 Å². The minimum Gasteiger partial charge on any atom is -0.444 e. The maximum Gasteiger partial charge on any atom is 0.408 e. The van der Waals surface area contributed by atoms with Gasteiger partial charge in [0, 0.05) is 6.42 Å². The Labute approximate surface area is 83.1 Å². The first-order valence-electron chi connectivity index (χ1n) is 4.65. The maximum absolute atomic E-state index is 11.2. The highest BCUT2D eigenvalue weighted by Gasteiger charge is 2.40. The van der Waals surface area contributed by atoms with Gasteiger partial charge in [0.1, 0.15) is 5.60 Å². The van der Waals surface area contributed by atoms with Crippen molar-refractivity contribution in [2.45, 2.75) is 51.0 Å². The van der Waals surface area contributed by atoms with Crippen molar-refractivity contribution in [1.82, 2.24) is 5.32 Å². The Bertz CT molecular complexity index is 215. The molecule has 1 aliphatic rings. The number of nitrogens with one attached hydrogen (secondary N) is 1. The molecule has 5 nitrogen and oxygen atoms in total. The van der Waals surface area contributed by atoms with Crippen molar-refractivity contribution in [3.05, 3.63) is 0 Å². The summed E-state index contributed by atoms with van der Waals surface area (Å²) in [5.74, 6) is 0. The number of aliphatic hydroxyl groups excluding tert-OH is 2. The van der Waals surface area contributed by atoms with Gasteiger partial charge < -0.3 is 20.3 Å². The summed E-state index contributed by atoms with van der Waals surface area (Å²) in [7, 11) is 0. The summed E-state index contributed by atoms with van der Waals surface area (Å²) in [6.45, 7) is 5.25. The van der Waals surface area contributed by atoms with Gasteiger partial charge in [0.15, 0.2) is 0 Å². The maximum atomic E-state index is 11.2.